The van der Waals surface area contributed by atoms with Crippen LogP contribution < -0.4 is 10.5 Å². The number of hydrogen-bond donors (Lipinski definition) is 1. The molecule has 0 saturated heterocycles. The lowest BCUT2D eigenvalue weighted by Crippen LogP contribution is -2.28. The summed E-state index contributed by atoms with van der Waals surface area (Å²) in [6.45, 7) is 5.74. The van der Waals surface area contributed by atoms with E-state index >= 15 is 0 Å². The van der Waals surface area contributed by atoms with Crippen LogP contribution in [0.25, 0.3) is 0 Å². The fourth-order valence-corrected chi connectivity index (χ4v) is 4.38. The molecule has 0 aliphatic carbocycles. The van der Waals surface area contributed by atoms with E-state index in [0.717, 1.165) is 68.9 Å². The Morgan fingerprint density at radius 2 is 1.64 bits per heavy atom. The van der Waals surface area contributed by atoms with Crippen molar-refractivity contribution in [3.63, 3.8) is 0 Å². The number of hydrogen-bond acceptors (Lipinski definition) is 5. The number of unbranched alkanes of at least 4 members (excludes halogenated alkanes) is 2. The number of ether oxygens (including phenoxy) is 1. The molecule has 0 aliphatic rings. The number of para-hydroxylation sites is 1. The summed E-state index contributed by atoms with van der Waals surface area (Å²) in [5.41, 5.74) is 7.02. The third-order valence-corrected chi connectivity index (χ3v) is 7.51. The molecule has 42 heavy (non-hydrogen) atoms. The van der Waals surface area contributed by atoms with Crippen molar-refractivity contribution in [2.24, 2.45) is 5.73 Å². The smallest absolute Gasteiger partial charge is 0.222 e. The second-order valence-electron chi connectivity index (χ2n) is 9.70. The van der Waals surface area contributed by atoms with E-state index in [1.165, 1.54) is 24.6 Å². The van der Waals surface area contributed by atoms with E-state index in [9.17, 15) is 22.0 Å². The first kappa shape index (κ1) is 37.0. The lowest BCUT2D eigenvalue weighted by atomic mass is 10.1. The maximum Gasteiger partial charge on any atom is 0.222 e. The summed E-state index contributed by atoms with van der Waals surface area (Å²) in [7, 11) is -1.21. The van der Waals surface area contributed by atoms with Gasteiger partial charge in [0.05, 0.1) is 11.5 Å². The molecule has 0 radical (unpaired) electrons. The van der Waals surface area contributed by atoms with Crippen LogP contribution in [0, 0.1) is 18.6 Å². The maximum absolute atomic E-state index is 12.3. The molecule has 0 atom stereocenters. The second-order valence-corrected chi connectivity index (χ2v) is 12.1. The molecule has 3 aromatic rings. The molecule has 0 heterocycles. The van der Waals surface area contributed by atoms with Crippen molar-refractivity contribution in [3.8, 4) is 5.75 Å². The second kappa shape index (κ2) is 20.0. The quantitative estimate of drug-likeness (QED) is 0.219. The van der Waals surface area contributed by atoms with Crippen molar-refractivity contribution in [1.82, 2.24) is 4.90 Å². The van der Waals surface area contributed by atoms with Crippen LogP contribution in [0.4, 0.5) is 8.78 Å². The third kappa shape index (κ3) is 15.3. The Kier molecular flexibility index (Phi) is 17.6. The van der Waals surface area contributed by atoms with E-state index in [1.807, 2.05) is 25.2 Å². The SMILES string of the molecule is CCc1ccccc1OCCCN(C)C(=O)CCCCCN.CS(=O)(=O)c1ccc(Cl)cc1.Cc1cc(F)ccc1F. The highest BCUT2D eigenvalue weighted by Gasteiger charge is 2.08. The minimum atomic E-state index is -3.08. The van der Waals surface area contributed by atoms with Gasteiger partial charge in [-0.3, -0.25) is 4.79 Å². The van der Waals surface area contributed by atoms with Crippen LogP contribution in [-0.4, -0.2) is 52.2 Å². The first-order chi connectivity index (χ1) is 19.9. The number of carbonyl (C=O) groups excluding carboxylic acids is 1. The monoisotopic (exact) mass is 624 g/mol. The Hall–Kier alpha value is -3.01. The van der Waals surface area contributed by atoms with Gasteiger partial charge in [-0.05, 0) is 98.8 Å². The average Bonchev–Trinajstić information content (AvgIpc) is 2.96. The summed E-state index contributed by atoms with van der Waals surface area (Å²) in [5, 5.41) is 0.539. The van der Waals surface area contributed by atoms with E-state index in [-0.39, 0.29) is 11.7 Å². The number of aryl methyl sites for hydroxylation is 2. The molecule has 0 bridgehead atoms. The largest absolute Gasteiger partial charge is 0.493 e. The van der Waals surface area contributed by atoms with E-state index in [0.29, 0.717) is 35.1 Å². The molecule has 0 unspecified atom stereocenters. The molecular weight excluding hydrogens is 582 g/mol. The van der Waals surface area contributed by atoms with Gasteiger partial charge in [0.2, 0.25) is 5.91 Å². The minimum absolute atomic E-state index is 0.214. The van der Waals surface area contributed by atoms with Crippen molar-refractivity contribution in [1.29, 1.82) is 0 Å². The lowest BCUT2D eigenvalue weighted by Gasteiger charge is -2.17. The number of benzene rings is 3. The Labute approximate surface area is 254 Å². The topological polar surface area (TPSA) is 89.7 Å². The Bertz CT molecular complexity index is 1320. The van der Waals surface area contributed by atoms with Crippen LogP contribution in [0.2, 0.25) is 5.02 Å². The zero-order chi connectivity index (χ0) is 31.5. The minimum Gasteiger partial charge on any atom is -0.493 e. The molecular formula is C32H43ClF2N2O4S. The van der Waals surface area contributed by atoms with E-state index in [2.05, 4.69) is 13.0 Å². The van der Waals surface area contributed by atoms with Gasteiger partial charge in [-0.1, -0.05) is 43.1 Å². The fraction of sp³-hybridized carbons (Fsp3) is 0.406. The zero-order valence-electron chi connectivity index (χ0n) is 24.9. The summed E-state index contributed by atoms with van der Waals surface area (Å²) >= 11 is 5.57. The van der Waals surface area contributed by atoms with Gasteiger partial charge in [0, 0.05) is 31.3 Å². The Balaban J connectivity index is 0.000000363. The molecule has 0 saturated carbocycles. The predicted octanol–water partition coefficient (Wildman–Crippen LogP) is 7.01. The van der Waals surface area contributed by atoms with Gasteiger partial charge in [0.1, 0.15) is 17.4 Å². The third-order valence-electron chi connectivity index (χ3n) is 6.13. The lowest BCUT2D eigenvalue weighted by molar-refractivity contribution is -0.130. The van der Waals surface area contributed by atoms with Gasteiger partial charge in [0.15, 0.2) is 9.84 Å². The Morgan fingerprint density at radius 3 is 2.21 bits per heavy atom. The van der Waals surface area contributed by atoms with Crippen LogP contribution >= 0.6 is 11.6 Å². The zero-order valence-corrected chi connectivity index (χ0v) is 26.5. The van der Waals surface area contributed by atoms with Gasteiger partial charge in [-0.2, -0.15) is 0 Å². The van der Waals surface area contributed by atoms with Crippen LogP contribution in [0.3, 0.4) is 0 Å². The molecule has 3 rings (SSSR count). The van der Waals surface area contributed by atoms with Gasteiger partial charge < -0.3 is 15.4 Å². The molecule has 0 fully saturated rings. The maximum atomic E-state index is 12.3. The highest BCUT2D eigenvalue weighted by Crippen LogP contribution is 2.18. The first-order valence-electron chi connectivity index (χ1n) is 13.9. The number of nitrogens with zero attached hydrogens (tertiary/aromatic N) is 1. The number of rotatable bonds is 12. The summed E-state index contributed by atoms with van der Waals surface area (Å²) in [5.74, 6) is 0.414. The van der Waals surface area contributed by atoms with Crippen LogP contribution in [0.15, 0.2) is 71.6 Å². The molecule has 232 valence electrons. The van der Waals surface area contributed by atoms with Crippen molar-refractivity contribution in [2.75, 3.05) is 33.0 Å². The van der Waals surface area contributed by atoms with Crippen molar-refractivity contribution >= 4 is 27.3 Å². The summed E-state index contributed by atoms with van der Waals surface area (Å²) in [6.07, 6.45) is 6.57. The van der Waals surface area contributed by atoms with Crippen molar-refractivity contribution in [2.45, 2.75) is 57.3 Å². The molecule has 6 nitrogen and oxygen atoms in total. The highest BCUT2D eigenvalue weighted by atomic mass is 35.5. The van der Waals surface area contributed by atoms with Crippen molar-refractivity contribution < 1.29 is 26.7 Å². The van der Waals surface area contributed by atoms with Crippen LogP contribution in [0.5, 0.6) is 5.75 Å². The van der Waals surface area contributed by atoms with Crippen LogP contribution in [-0.2, 0) is 21.1 Å². The summed E-state index contributed by atoms with van der Waals surface area (Å²) in [4.78, 5) is 14.0. The predicted molar refractivity (Wildman–Crippen MR) is 167 cm³/mol. The number of nitrogens with two attached hydrogens (primary N) is 1. The fourth-order valence-electron chi connectivity index (χ4n) is 3.62. The van der Waals surface area contributed by atoms with Gasteiger partial charge >= 0.3 is 0 Å². The van der Waals surface area contributed by atoms with Crippen molar-refractivity contribution in [3.05, 3.63) is 94.5 Å². The van der Waals surface area contributed by atoms with E-state index in [1.54, 1.807) is 17.0 Å². The molecule has 3 aromatic carbocycles. The molecule has 0 spiro atoms. The first-order valence-corrected chi connectivity index (χ1v) is 16.2. The van der Waals surface area contributed by atoms with E-state index in [4.69, 9.17) is 22.1 Å². The Morgan fingerprint density at radius 1 is 0.976 bits per heavy atom. The number of carbonyl (C=O) groups is 1. The normalized spacial score (nSPS) is 10.6. The number of halogens is 3. The van der Waals surface area contributed by atoms with Gasteiger partial charge in [-0.15, -0.1) is 0 Å². The molecule has 2 N–H and O–H groups in total. The summed E-state index contributed by atoms with van der Waals surface area (Å²) < 4.78 is 52.1. The van der Waals surface area contributed by atoms with E-state index < -0.39 is 15.7 Å². The number of sulfone groups is 1. The molecule has 0 aliphatic heterocycles. The molecule has 0 aromatic heterocycles. The standard InChI is InChI=1S/C18H30N2O2.C7H7ClO2S.C7H6F2/c1-3-16-10-6-7-11-17(16)22-15-9-14-20(2)18(21)12-5-4-8-13-19;1-11(9,10)7-4-2-6(8)3-5-7;1-5-4-6(8)2-3-7(5)9/h6-7,10-11H,3-5,8-9,12-15,19H2,1-2H3;2-5H,1H3;2-4H,1H3. The van der Waals surface area contributed by atoms with Gasteiger partial charge in [-0.25, -0.2) is 17.2 Å². The number of amides is 1. The summed E-state index contributed by atoms with van der Waals surface area (Å²) in [6, 6.07) is 17.6. The highest BCUT2D eigenvalue weighted by molar-refractivity contribution is 7.90. The molecule has 1 amide bonds. The van der Waals surface area contributed by atoms with Crippen LogP contribution in [0.1, 0.15) is 50.2 Å². The average molecular weight is 625 g/mol. The molecule has 10 heteroatoms. The van der Waals surface area contributed by atoms with Gasteiger partial charge in [0.25, 0.3) is 0 Å².